The zero-order valence-electron chi connectivity index (χ0n) is 9.61. The predicted molar refractivity (Wildman–Crippen MR) is 63.1 cm³/mol. The Hall–Kier alpha value is -2.51. The van der Waals surface area contributed by atoms with Crippen molar-refractivity contribution < 1.29 is 9.59 Å². The molecule has 1 amide bonds. The zero-order chi connectivity index (χ0) is 13.1. The van der Waals surface area contributed by atoms with Crippen molar-refractivity contribution in [2.75, 3.05) is 5.32 Å². The van der Waals surface area contributed by atoms with E-state index in [1.807, 2.05) is 0 Å². The molecule has 0 saturated heterocycles. The normalized spacial score (nSPS) is 10.5. The number of Topliss-reactive ketones (excluding diaryl/α,β-unsaturated/α-hetero) is 1. The fourth-order valence-corrected chi connectivity index (χ4v) is 1.39. The number of aromatic amines is 2. The Kier molecular flexibility index (Phi) is 3.18. The lowest BCUT2D eigenvalue weighted by Crippen LogP contribution is -2.18. The van der Waals surface area contributed by atoms with Crippen LogP contribution >= 0.6 is 0 Å². The molecular weight excluding hydrogens is 238 g/mol. The summed E-state index contributed by atoms with van der Waals surface area (Å²) in [4.78, 5) is 46.5. The molecule has 0 fully saturated rings. The van der Waals surface area contributed by atoms with Crippen molar-refractivity contribution in [3.63, 3.8) is 0 Å². The van der Waals surface area contributed by atoms with E-state index in [1.165, 1.54) is 13.3 Å². The zero-order valence-corrected chi connectivity index (χ0v) is 9.61. The van der Waals surface area contributed by atoms with Crippen LogP contribution in [-0.4, -0.2) is 31.6 Å². The van der Waals surface area contributed by atoms with Crippen molar-refractivity contribution in [3.05, 3.63) is 16.7 Å². The van der Waals surface area contributed by atoms with Gasteiger partial charge in [-0.1, -0.05) is 0 Å². The highest BCUT2D eigenvalue weighted by Crippen LogP contribution is 2.03. The van der Waals surface area contributed by atoms with Crippen LogP contribution in [0.15, 0.2) is 11.1 Å². The van der Waals surface area contributed by atoms with Crippen LogP contribution in [0.5, 0.6) is 0 Å². The molecule has 2 rings (SSSR count). The van der Waals surface area contributed by atoms with E-state index in [2.05, 4.69) is 25.3 Å². The quantitative estimate of drug-likeness (QED) is 0.701. The number of carbonyl (C=O) groups is 2. The van der Waals surface area contributed by atoms with E-state index in [9.17, 15) is 14.4 Å². The highest BCUT2D eigenvalue weighted by Gasteiger charge is 2.09. The van der Waals surface area contributed by atoms with Crippen molar-refractivity contribution in [2.45, 2.75) is 19.8 Å². The number of hydrogen-bond donors (Lipinski definition) is 3. The molecule has 0 aromatic carbocycles. The number of amides is 1. The lowest BCUT2D eigenvalue weighted by Gasteiger charge is -2.02. The van der Waals surface area contributed by atoms with Gasteiger partial charge in [0.2, 0.25) is 11.9 Å². The minimum atomic E-state index is -0.417. The van der Waals surface area contributed by atoms with E-state index in [0.717, 1.165) is 0 Å². The standard InChI is InChI=1S/C10H11N5O3/c1-5(16)2-3-6(17)13-10-14-8-7(9(18)15-10)11-4-12-8/h4H,2-3H2,1H3,(H3,11,12,13,14,15,17,18). The molecule has 2 aromatic heterocycles. The third kappa shape index (κ3) is 2.59. The lowest BCUT2D eigenvalue weighted by molar-refractivity contribution is -0.121. The number of anilines is 1. The predicted octanol–water partition coefficient (Wildman–Crippen LogP) is -0.0461. The maximum atomic E-state index is 11.5. The van der Waals surface area contributed by atoms with E-state index in [0.29, 0.717) is 0 Å². The van der Waals surface area contributed by atoms with Crippen LogP contribution in [0.4, 0.5) is 5.95 Å². The second-order valence-corrected chi connectivity index (χ2v) is 3.77. The number of imidazole rings is 1. The Morgan fingerprint density at radius 3 is 2.89 bits per heavy atom. The molecule has 0 unspecified atom stereocenters. The molecule has 0 bridgehead atoms. The first-order chi connectivity index (χ1) is 8.56. The van der Waals surface area contributed by atoms with E-state index in [4.69, 9.17) is 0 Å². The third-order valence-electron chi connectivity index (χ3n) is 2.26. The van der Waals surface area contributed by atoms with Gasteiger partial charge in [0.1, 0.15) is 5.78 Å². The molecule has 0 saturated carbocycles. The Morgan fingerprint density at radius 2 is 2.17 bits per heavy atom. The number of rotatable bonds is 4. The van der Waals surface area contributed by atoms with Crippen molar-refractivity contribution >= 4 is 28.8 Å². The molecule has 0 atom stereocenters. The number of ketones is 1. The van der Waals surface area contributed by atoms with E-state index >= 15 is 0 Å². The molecular formula is C10H11N5O3. The van der Waals surface area contributed by atoms with Crippen LogP contribution in [0.1, 0.15) is 19.8 Å². The first-order valence-electron chi connectivity index (χ1n) is 5.29. The Morgan fingerprint density at radius 1 is 1.39 bits per heavy atom. The highest BCUT2D eigenvalue weighted by atomic mass is 16.2. The van der Waals surface area contributed by atoms with Crippen LogP contribution in [0.2, 0.25) is 0 Å². The van der Waals surface area contributed by atoms with Gasteiger partial charge < -0.3 is 9.78 Å². The molecule has 0 spiro atoms. The molecule has 8 nitrogen and oxygen atoms in total. The van der Waals surface area contributed by atoms with Crippen LogP contribution in [0.25, 0.3) is 11.2 Å². The van der Waals surface area contributed by atoms with E-state index in [-0.39, 0.29) is 41.6 Å². The Labute approximate surface area is 101 Å². The summed E-state index contributed by atoms with van der Waals surface area (Å²) in [6, 6.07) is 0. The molecule has 2 heterocycles. The fraction of sp³-hybridized carbons (Fsp3) is 0.300. The molecule has 0 aliphatic carbocycles. The number of H-pyrrole nitrogens is 2. The van der Waals surface area contributed by atoms with Crippen LogP contribution < -0.4 is 10.9 Å². The molecule has 0 aliphatic heterocycles. The van der Waals surface area contributed by atoms with Gasteiger partial charge in [0, 0.05) is 12.8 Å². The highest BCUT2D eigenvalue weighted by molar-refractivity contribution is 5.92. The van der Waals surface area contributed by atoms with Crippen LogP contribution in [0.3, 0.4) is 0 Å². The Bertz CT molecular complexity index is 657. The molecule has 0 radical (unpaired) electrons. The van der Waals surface area contributed by atoms with Gasteiger partial charge in [-0.3, -0.25) is 19.9 Å². The number of nitrogens with zero attached hydrogens (tertiary/aromatic N) is 2. The summed E-state index contributed by atoms with van der Waals surface area (Å²) in [5.41, 5.74) is 0.0525. The molecule has 18 heavy (non-hydrogen) atoms. The van der Waals surface area contributed by atoms with Gasteiger partial charge in [0.15, 0.2) is 11.2 Å². The van der Waals surface area contributed by atoms with Gasteiger partial charge in [-0.15, -0.1) is 0 Å². The van der Waals surface area contributed by atoms with Gasteiger partial charge in [0.05, 0.1) is 6.33 Å². The molecule has 0 aliphatic rings. The second-order valence-electron chi connectivity index (χ2n) is 3.77. The number of nitrogens with one attached hydrogen (secondary N) is 3. The maximum absolute atomic E-state index is 11.5. The summed E-state index contributed by atoms with van der Waals surface area (Å²) >= 11 is 0. The first-order valence-corrected chi connectivity index (χ1v) is 5.29. The van der Waals surface area contributed by atoms with Gasteiger partial charge in [-0.25, -0.2) is 4.98 Å². The molecule has 8 heteroatoms. The molecule has 94 valence electrons. The number of fused-ring (bicyclic) bond motifs is 1. The lowest BCUT2D eigenvalue weighted by atomic mass is 10.2. The topological polar surface area (TPSA) is 121 Å². The average molecular weight is 249 g/mol. The first kappa shape index (κ1) is 12.0. The average Bonchev–Trinajstić information content (AvgIpc) is 2.75. The minimum Gasteiger partial charge on any atom is -0.339 e. The van der Waals surface area contributed by atoms with Crippen LogP contribution in [0, 0.1) is 0 Å². The Balaban J connectivity index is 2.14. The van der Waals surface area contributed by atoms with Gasteiger partial charge in [0.25, 0.3) is 5.56 Å². The smallest absolute Gasteiger partial charge is 0.278 e. The third-order valence-corrected chi connectivity index (χ3v) is 2.26. The molecule has 2 aromatic rings. The van der Waals surface area contributed by atoms with Crippen LogP contribution in [-0.2, 0) is 9.59 Å². The minimum absolute atomic E-state index is 0.0214. The number of aromatic nitrogens is 4. The largest absolute Gasteiger partial charge is 0.339 e. The van der Waals surface area contributed by atoms with Crippen molar-refractivity contribution in [1.29, 1.82) is 0 Å². The summed E-state index contributed by atoms with van der Waals surface area (Å²) in [7, 11) is 0. The second kappa shape index (κ2) is 4.78. The van der Waals surface area contributed by atoms with Crippen molar-refractivity contribution in [2.24, 2.45) is 0 Å². The van der Waals surface area contributed by atoms with Crippen molar-refractivity contribution in [3.8, 4) is 0 Å². The van der Waals surface area contributed by atoms with Gasteiger partial charge >= 0.3 is 0 Å². The summed E-state index contributed by atoms with van der Waals surface area (Å²) in [6.07, 6.45) is 1.55. The summed E-state index contributed by atoms with van der Waals surface area (Å²) in [5.74, 6) is -0.439. The summed E-state index contributed by atoms with van der Waals surface area (Å²) in [6.45, 7) is 1.41. The van der Waals surface area contributed by atoms with E-state index < -0.39 is 5.56 Å². The summed E-state index contributed by atoms with van der Waals surface area (Å²) in [5, 5.41) is 2.41. The van der Waals surface area contributed by atoms with E-state index in [1.54, 1.807) is 0 Å². The summed E-state index contributed by atoms with van der Waals surface area (Å²) < 4.78 is 0. The fourth-order valence-electron chi connectivity index (χ4n) is 1.39. The molecule has 3 N–H and O–H groups in total. The number of hydrogen-bond acceptors (Lipinski definition) is 5. The monoisotopic (exact) mass is 249 g/mol. The SMILES string of the molecule is CC(=O)CCC(=O)Nc1nc2nc[nH]c2c(=O)[nH]1. The van der Waals surface area contributed by atoms with Gasteiger partial charge in [-0.2, -0.15) is 4.98 Å². The van der Waals surface area contributed by atoms with Crippen molar-refractivity contribution in [1.82, 2.24) is 19.9 Å². The van der Waals surface area contributed by atoms with Gasteiger partial charge in [-0.05, 0) is 6.92 Å². The number of carbonyl (C=O) groups excluding carboxylic acids is 2. The maximum Gasteiger partial charge on any atom is 0.278 e.